The highest BCUT2D eigenvalue weighted by molar-refractivity contribution is 14.0. The van der Waals surface area contributed by atoms with Crippen molar-refractivity contribution in [1.29, 1.82) is 0 Å². The standard InChI is InChI=1S/C18H37N3O.HI/c1-4-7-9-15(8-5-2)14-20-18(19-6-3)21-16-10-12-17(22)13-11-16;/h15-17,22H,4-14H2,1-3H3,(H2,19,20,21);1H. The average Bonchev–Trinajstić information content (AvgIpc) is 2.52. The molecule has 1 unspecified atom stereocenters. The van der Waals surface area contributed by atoms with Gasteiger partial charge in [-0.05, 0) is 51.4 Å². The van der Waals surface area contributed by atoms with Gasteiger partial charge >= 0.3 is 0 Å². The first-order valence-corrected chi connectivity index (χ1v) is 9.42. The Bertz CT molecular complexity index is 305. The molecule has 0 aromatic heterocycles. The maximum absolute atomic E-state index is 9.61. The molecule has 1 fully saturated rings. The number of guanidine groups is 1. The second-order valence-electron chi connectivity index (χ2n) is 6.67. The van der Waals surface area contributed by atoms with Gasteiger partial charge in [-0.25, -0.2) is 0 Å². The molecule has 0 aromatic carbocycles. The zero-order valence-corrected chi connectivity index (χ0v) is 17.6. The van der Waals surface area contributed by atoms with Gasteiger partial charge in [-0.3, -0.25) is 4.99 Å². The first-order valence-electron chi connectivity index (χ1n) is 9.42. The lowest BCUT2D eigenvalue weighted by atomic mass is 9.93. The summed E-state index contributed by atoms with van der Waals surface area (Å²) in [5, 5.41) is 16.5. The van der Waals surface area contributed by atoms with Crippen molar-refractivity contribution in [3.05, 3.63) is 0 Å². The summed E-state index contributed by atoms with van der Waals surface area (Å²) in [7, 11) is 0. The molecule has 138 valence electrons. The minimum atomic E-state index is -0.0967. The van der Waals surface area contributed by atoms with Crippen molar-refractivity contribution in [2.24, 2.45) is 10.9 Å². The predicted molar refractivity (Wildman–Crippen MR) is 111 cm³/mol. The van der Waals surface area contributed by atoms with Crippen LogP contribution in [0.5, 0.6) is 0 Å². The van der Waals surface area contributed by atoms with Gasteiger partial charge in [0.25, 0.3) is 0 Å². The quantitative estimate of drug-likeness (QED) is 0.288. The van der Waals surface area contributed by atoms with Gasteiger partial charge in [0.15, 0.2) is 5.96 Å². The van der Waals surface area contributed by atoms with Crippen LogP contribution in [0.15, 0.2) is 4.99 Å². The number of hydrogen-bond donors (Lipinski definition) is 3. The summed E-state index contributed by atoms with van der Waals surface area (Å²) in [6, 6.07) is 0.460. The van der Waals surface area contributed by atoms with Crippen LogP contribution in [0, 0.1) is 5.92 Å². The summed E-state index contributed by atoms with van der Waals surface area (Å²) in [6.45, 7) is 8.46. The molecule has 0 saturated heterocycles. The molecule has 3 N–H and O–H groups in total. The Labute approximate surface area is 160 Å². The minimum absolute atomic E-state index is 0. The average molecular weight is 439 g/mol. The van der Waals surface area contributed by atoms with Crippen LogP contribution in [0.3, 0.4) is 0 Å². The number of hydrogen-bond acceptors (Lipinski definition) is 2. The Morgan fingerprint density at radius 3 is 2.35 bits per heavy atom. The van der Waals surface area contributed by atoms with E-state index < -0.39 is 0 Å². The summed E-state index contributed by atoms with van der Waals surface area (Å²) in [4.78, 5) is 4.83. The maximum Gasteiger partial charge on any atom is 0.191 e. The molecule has 0 aliphatic heterocycles. The van der Waals surface area contributed by atoms with Crippen LogP contribution < -0.4 is 10.6 Å². The Balaban J connectivity index is 0.00000484. The molecule has 0 aromatic rings. The summed E-state index contributed by atoms with van der Waals surface area (Å²) < 4.78 is 0. The highest BCUT2D eigenvalue weighted by atomic mass is 127. The molecule has 1 aliphatic carbocycles. The molecular formula is C18H38IN3O. The minimum Gasteiger partial charge on any atom is -0.393 e. The Kier molecular flexibility index (Phi) is 14.3. The number of nitrogens with zero attached hydrogens (tertiary/aromatic N) is 1. The number of rotatable bonds is 9. The zero-order chi connectivity index (χ0) is 16.2. The SMILES string of the molecule is CCCCC(CCC)CN=C(NCC)NC1CCC(O)CC1.I. The molecule has 1 atom stereocenters. The van der Waals surface area contributed by atoms with Gasteiger partial charge < -0.3 is 15.7 Å². The van der Waals surface area contributed by atoms with E-state index in [9.17, 15) is 5.11 Å². The lowest BCUT2D eigenvalue weighted by molar-refractivity contribution is 0.120. The fourth-order valence-corrected chi connectivity index (χ4v) is 3.18. The van der Waals surface area contributed by atoms with Crippen LogP contribution in [0.25, 0.3) is 0 Å². The molecule has 1 saturated carbocycles. The van der Waals surface area contributed by atoms with Crippen LogP contribution in [-0.2, 0) is 0 Å². The summed E-state index contributed by atoms with van der Waals surface area (Å²) >= 11 is 0. The number of nitrogens with one attached hydrogen (secondary N) is 2. The number of unbranched alkanes of at least 4 members (excludes halogenated alkanes) is 1. The molecule has 1 rings (SSSR count). The fourth-order valence-electron chi connectivity index (χ4n) is 3.18. The molecule has 0 amide bonds. The van der Waals surface area contributed by atoms with Crippen LogP contribution in [0.4, 0.5) is 0 Å². The van der Waals surface area contributed by atoms with Gasteiger partial charge in [-0.2, -0.15) is 0 Å². The van der Waals surface area contributed by atoms with Gasteiger partial charge in [0, 0.05) is 19.1 Å². The first kappa shape index (κ1) is 23.0. The van der Waals surface area contributed by atoms with E-state index in [0.29, 0.717) is 12.0 Å². The van der Waals surface area contributed by atoms with Crippen molar-refractivity contribution in [2.45, 2.75) is 90.7 Å². The largest absolute Gasteiger partial charge is 0.393 e. The maximum atomic E-state index is 9.61. The van der Waals surface area contributed by atoms with E-state index in [0.717, 1.165) is 44.7 Å². The van der Waals surface area contributed by atoms with E-state index in [1.807, 2.05) is 0 Å². The van der Waals surface area contributed by atoms with E-state index in [1.54, 1.807) is 0 Å². The molecule has 0 bridgehead atoms. The summed E-state index contributed by atoms with van der Waals surface area (Å²) in [5.41, 5.74) is 0. The van der Waals surface area contributed by atoms with Crippen molar-refractivity contribution in [2.75, 3.05) is 13.1 Å². The topological polar surface area (TPSA) is 56.7 Å². The van der Waals surface area contributed by atoms with E-state index in [1.165, 1.54) is 32.1 Å². The zero-order valence-electron chi connectivity index (χ0n) is 15.3. The van der Waals surface area contributed by atoms with Gasteiger partial charge in [-0.1, -0.05) is 33.1 Å². The van der Waals surface area contributed by atoms with E-state index in [2.05, 4.69) is 31.4 Å². The van der Waals surface area contributed by atoms with Gasteiger partial charge in [0.1, 0.15) is 0 Å². The molecular weight excluding hydrogens is 401 g/mol. The van der Waals surface area contributed by atoms with Crippen molar-refractivity contribution >= 4 is 29.9 Å². The molecule has 4 nitrogen and oxygen atoms in total. The number of aliphatic hydroxyl groups is 1. The molecule has 0 heterocycles. The molecule has 23 heavy (non-hydrogen) atoms. The van der Waals surface area contributed by atoms with E-state index >= 15 is 0 Å². The van der Waals surface area contributed by atoms with Crippen molar-refractivity contribution in [3.8, 4) is 0 Å². The van der Waals surface area contributed by atoms with Gasteiger partial charge in [0.05, 0.1) is 6.10 Å². The summed E-state index contributed by atoms with van der Waals surface area (Å²) in [6.07, 6.45) is 10.2. The smallest absolute Gasteiger partial charge is 0.191 e. The van der Waals surface area contributed by atoms with Gasteiger partial charge in [0.2, 0.25) is 0 Å². The lowest BCUT2D eigenvalue weighted by Crippen LogP contribution is -2.45. The third-order valence-electron chi connectivity index (χ3n) is 4.55. The van der Waals surface area contributed by atoms with Crippen molar-refractivity contribution in [1.82, 2.24) is 10.6 Å². The van der Waals surface area contributed by atoms with Crippen LogP contribution in [0.2, 0.25) is 0 Å². The highest BCUT2D eigenvalue weighted by Gasteiger charge is 2.20. The number of aliphatic imine (C=N–C) groups is 1. The normalized spacial score (nSPS) is 23.0. The van der Waals surface area contributed by atoms with Crippen molar-refractivity contribution in [3.63, 3.8) is 0 Å². The van der Waals surface area contributed by atoms with Crippen LogP contribution >= 0.6 is 24.0 Å². The Morgan fingerprint density at radius 2 is 1.78 bits per heavy atom. The van der Waals surface area contributed by atoms with E-state index in [4.69, 9.17) is 4.99 Å². The monoisotopic (exact) mass is 439 g/mol. The number of halogens is 1. The Morgan fingerprint density at radius 1 is 1.09 bits per heavy atom. The lowest BCUT2D eigenvalue weighted by Gasteiger charge is -2.28. The molecule has 5 heteroatoms. The number of aliphatic hydroxyl groups excluding tert-OH is 1. The van der Waals surface area contributed by atoms with Crippen molar-refractivity contribution < 1.29 is 5.11 Å². The second kappa shape index (κ2) is 14.3. The predicted octanol–water partition coefficient (Wildman–Crippen LogP) is 4.07. The first-order chi connectivity index (χ1) is 10.7. The van der Waals surface area contributed by atoms with Crippen LogP contribution in [0.1, 0.15) is 78.6 Å². The second-order valence-corrected chi connectivity index (χ2v) is 6.67. The van der Waals surface area contributed by atoms with Crippen LogP contribution in [-0.4, -0.2) is 36.3 Å². The Hall–Kier alpha value is -0.0400. The summed E-state index contributed by atoms with van der Waals surface area (Å²) in [5.74, 6) is 1.68. The fraction of sp³-hybridized carbons (Fsp3) is 0.944. The third kappa shape index (κ3) is 10.4. The molecule has 0 spiro atoms. The molecule has 1 aliphatic rings. The highest BCUT2D eigenvalue weighted by Crippen LogP contribution is 2.18. The third-order valence-corrected chi connectivity index (χ3v) is 4.55. The van der Waals surface area contributed by atoms with Gasteiger partial charge in [-0.15, -0.1) is 24.0 Å². The molecule has 0 radical (unpaired) electrons. The van der Waals surface area contributed by atoms with E-state index in [-0.39, 0.29) is 30.1 Å².